The van der Waals surface area contributed by atoms with E-state index in [4.69, 9.17) is 42.6 Å². The van der Waals surface area contributed by atoms with Crippen LogP contribution in [0.15, 0.2) is 97.1 Å². The molecular formula is C44H64N4NiO6P2S2. The molecule has 1 fully saturated rings. The normalized spacial score (nSPS) is 18.4. The molecule has 1 aliphatic rings. The molecule has 4 aromatic rings. The van der Waals surface area contributed by atoms with Crippen LogP contribution < -0.4 is 39.4 Å². The van der Waals surface area contributed by atoms with Crippen molar-refractivity contribution < 1.29 is 43.7 Å². The number of rotatable bonds is 8. The molecule has 1 aliphatic heterocycles. The standard InChI is InChI=1S/C16H36N4.2C14H15O3PS.Ni/c1-13-11-15(3,4)19-10-8-18-14(2)12-16(5,6)20-9-7-17-13;2*1-11-3-7-13(8-4-11)16-18(15,19)17-14-9-5-12(2)6-10-14;/h13-14,17-20H,7-12H2,1-6H3;2*3-10H,1-2H3,(H,15,19);/q;;;+2/p-2/t13-,14+;;;. The zero-order valence-corrected chi connectivity index (χ0v) is 40.5. The molecule has 0 spiro atoms. The van der Waals surface area contributed by atoms with Crippen molar-refractivity contribution in [2.45, 2.75) is 105 Å². The number of aryl methyl sites for hydroxylation is 4. The zero-order valence-electron chi connectivity index (χ0n) is 36.1. The van der Waals surface area contributed by atoms with Crippen LogP contribution in [0.2, 0.25) is 0 Å². The van der Waals surface area contributed by atoms with Gasteiger partial charge in [-0.2, -0.15) is 0 Å². The number of nitrogens with one attached hydrogen (secondary N) is 4. The van der Waals surface area contributed by atoms with Crippen molar-refractivity contribution in [2.75, 3.05) is 26.2 Å². The van der Waals surface area contributed by atoms with Gasteiger partial charge >= 0.3 is 16.5 Å². The van der Waals surface area contributed by atoms with E-state index in [1.807, 2.05) is 76.2 Å². The summed E-state index contributed by atoms with van der Waals surface area (Å²) in [6, 6.07) is 29.7. The molecule has 5 rings (SSSR count). The third kappa shape index (κ3) is 22.8. The monoisotopic (exact) mass is 928 g/mol. The van der Waals surface area contributed by atoms with E-state index >= 15 is 0 Å². The second-order valence-corrected chi connectivity index (χ2v) is 21.5. The largest absolute Gasteiger partial charge is 2.00 e. The molecule has 1 heterocycles. The van der Waals surface area contributed by atoms with Gasteiger partial charge in [-0.05, 0) is 131 Å². The predicted molar refractivity (Wildman–Crippen MR) is 245 cm³/mol. The van der Waals surface area contributed by atoms with Gasteiger partial charge in [-0.15, -0.1) is 0 Å². The Kier molecular flexibility index (Phi) is 22.2. The third-order valence-corrected chi connectivity index (χ3v) is 11.7. The Morgan fingerprint density at radius 2 is 0.695 bits per heavy atom. The zero-order chi connectivity index (χ0) is 43.0. The van der Waals surface area contributed by atoms with Crippen molar-refractivity contribution >= 4 is 38.1 Å². The Hall–Kier alpha value is -2.43. The van der Waals surface area contributed by atoms with Gasteiger partial charge in [0.1, 0.15) is 23.0 Å². The van der Waals surface area contributed by atoms with Gasteiger partial charge in [-0.3, -0.25) is 9.13 Å². The topological polar surface area (TPSA) is 119 Å². The summed E-state index contributed by atoms with van der Waals surface area (Å²) in [5, 5.41) is 14.6. The first-order valence-corrected chi connectivity index (χ1v) is 24.8. The molecule has 15 heteroatoms. The summed E-state index contributed by atoms with van der Waals surface area (Å²) in [5.74, 6) is 1.76. The third-order valence-electron chi connectivity index (χ3n) is 9.03. The van der Waals surface area contributed by atoms with Crippen molar-refractivity contribution in [2.24, 2.45) is 0 Å². The van der Waals surface area contributed by atoms with Gasteiger partial charge in [-0.25, -0.2) is 0 Å². The van der Waals surface area contributed by atoms with Crippen LogP contribution in [-0.4, -0.2) is 49.3 Å². The maximum atomic E-state index is 12.1. The van der Waals surface area contributed by atoms with E-state index in [9.17, 15) is 9.13 Å². The summed E-state index contributed by atoms with van der Waals surface area (Å²) in [4.78, 5) is 0. The minimum atomic E-state index is -3.58. The minimum Gasteiger partial charge on any atom is -0.632 e. The summed E-state index contributed by atoms with van der Waals surface area (Å²) in [5.41, 5.74) is 4.73. The first-order valence-electron chi connectivity index (χ1n) is 19.7. The van der Waals surface area contributed by atoms with Gasteiger partial charge in [0.05, 0.1) is 0 Å². The van der Waals surface area contributed by atoms with Gasteiger partial charge in [0.2, 0.25) is 0 Å². The summed E-state index contributed by atoms with van der Waals surface area (Å²) in [6.07, 6.45) is 2.29. The summed E-state index contributed by atoms with van der Waals surface area (Å²) >= 11 is 9.77. The Bertz CT molecular complexity index is 1660. The maximum absolute atomic E-state index is 12.1. The molecule has 0 radical (unpaired) electrons. The van der Waals surface area contributed by atoms with Crippen molar-refractivity contribution in [3.05, 3.63) is 119 Å². The molecule has 2 atom stereocenters. The summed E-state index contributed by atoms with van der Waals surface area (Å²) in [7, 11) is 0. The number of benzene rings is 4. The van der Waals surface area contributed by atoms with Crippen molar-refractivity contribution in [1.29, 1.82) is 0 Å². The number of hydrogen-bond acceptors (Lipinski definition) is 12. The average Bonchev–Trinajstić information content (AvgIpc) is 3.12. The Labute approximate surface area is 374 Å². The van der Waals surface area contributed by atoms with Crippen molar-refractivity contribution in [3.8, 4) is 23.0 Å². The summed E-state index contributed by atoms with van der Waals surface area (Å²) in [6.45, 7) is 18.5. The summed E-state index contributed by atoms with van der Waals surface area (Å²) < 4.78 is 45.1. The maximum Gasteiger partial charge on any atom is 2.00 e. The van der Waals surface area contributed by atoms with Crippen molar-refractivity contribution in [1.82, 2.24) is 21.3 Å². The molecule has 4 N–H and O–H groups in total. The first kappa shape index (κ1) is 52.7. The van der Waals surface area contributed by atoms with E-state index in [1.54, 1.807) is 48.5 Å². The molecule has 59 heavy (non-hydrogen) atoms. The molecule has 1 saturated heterocycles. The van der Waals surface area contributed by atoms with E-state index in [0.717, 1.165) is 61.3 Å². The molecule has 0 aromatic heterocycles. The molecule has 4 aromatic carbocycles. The minimum absolute atomic E-state index is 0. The first-order chi connectivity index (χ1) is 27.1. The van der Waals surface area contributed by atoms with Crippen LogP contribution in [0, 0.1) is 27.7 Å². The smallest absolute Gasteiger partial charge is 0.632 e. The second-order valence-electron chi connectivity index (χ2n) is 16.3. The quantitative estimate of drug-likeness (QED) is 0.0765. The molecule has 0 saturated carbocycles. The Balaban J connectivity index is 0.000000303. The van der Waals surface area contributed by atoms with Crippen LogP contribution >= 0.6 is 13.6 Å². The van der Waals surface area contributed by atoms with Crippen LogP contribution in [0.5, 0.6) is 23.0 Å². The van der Waals surface area contributed by atoms with Gasteiger partial charge in [0.25, 0.3) is 13.6 Å². The van der Waals surface area contributed by atoms with Gasteiger partial charge in [0, 0.05) is 49.3 Å². The van der Waals surface area contributed by atoms with E-state index in [1.165, 1.54) is 0 Å². The fraction of sp³-hybridized carbons (Fsp3) is 0.455. The van der Waals surface area contributed by atoms with Crippen LogP contribution in [0.3, 0.4) is 0 Å². The van der Waals surface area contributed by atoms with E-state index in [0.29, 0.717) is 35.1 Å². The van der Waals surface area contributed by atoms with Crippen LogP contribution in [-0.2, 0) is 50.1 Å². The molecule has 0 unspecified atom stereocenters. The van der Waals surface area contributed by atoms with E-state index in [-0.39, 0.29) is 27.6 Å². The van der Waals surface area contributed by atoms with Gasteiger partial charge in [-0.1, -0.05) is 70.8 Å². The van der Waals surface area contributed by atoms with Crippen LogP contribution in [0.25, 0.3) is 0 Å². The fourth-order valence-corrected chi connectivity index (χ4v) is 8.84. The molecule has 328 valence electrons. The van der Waals surface area contributed by atoms with Crippen LogP contribution in [0.4, 0.5) is 0 Å². The molecule has 0 amide bonds. The molecule has 0 bridgehead atoms. The second kappa shape index (κ2) is 24.9. The van der Waals surface area contributed by atoms with Gasteiger partial charge in [0.15, 0.2) is 0 Å². The predicted octanol–water partition coefficient (Wildman–Crippen LogP) is 10.3. The van der Waals surface area contributed by atoms with Crippen molar-refractivity contribution in [3.63, 3.8) is 0 Å². The Morgan fingerprint density at radius 1 is 0.475 bits per heavy atom. The average molecular weight is 930 g/mol. The number of hydrogen-bond donors (Lipinski definition) is 4. The molecule has 0 aliphatic carbocycles. The van der Waals surface area contributed by atoms with E-state index in [2.05, 4.69) is 62.8 Å². The Morgan fingerprint density at radius 3 is 0.915 bits per heavy atom. The molecule has 10 nitrogen and oxygen atoms in total. The van der Waals surface area contributed by atoms with Crippen LogP contribution in [0.1, 0.15) is 76.6 Å². The van der Waals surface area contributed by atoms with Gasteiger partial charge < -0.3 is 63.9 Å². The molecular weight excluding hydrogens is 865 g/mol. The van der Waals surface area contributed by atoms with E-state index < -0.39 is 13.6 Å². The fourth-order valence-electron chi connectivity index (χ4n) is 6.21. The SMILES string of the molecule is C[C@@H]1CC(C)(C)NCCN[C@@H](C)CC(C)(C)NCCN1.Cc1ccc(OP(=O)([S-])Oc2ccc(C)cc2)cc1.Cc1ccc(OP(=O)([S-])Oc2ccc(C)cc2)cc1.[Ni+2].